The number of para-hydroxylation sites is 1. The number of carbonyl (C=O) groups is 2. The number of hydrogen-bond acceptors (Lipinski definition) is 6. The maximum atomic E-state index is 13.4. The molecule has 2 N–H and O–H groups in total. The number of aromatic carboxylic acids is 1. The third kappa shape index (κ3) is 6.50. The second kappa shape index (κ2) is 9.17. The number of carboxylic acid groups (broad SMARTS) is 1. The molecule has 0 fully saturated rings. The molecule has 0 saturated carbocycles. The molecule has 1 unspecified atom stereocenters. The lowest BCUT2D eigenvalue weighted by Crippen LogP contribution is -2.36. The Balaban J connectivity index is 2.22. The highest BCUT2D eigenvalue weighted by Crippen LogP contribution is 2.48. The van der Waals surface area contributed by atoms with E-state index in [0.717, 1.165) is 11.3 Å². The zero-order valence-corrected chi connectivity index (χ0v) is 17.0. The van der Waals surface area contributed by atoms with Gasteiger partial charge in [-0.3, -0.25) is 9.36 Å². The van der Waals surface area contributed by atoms with Gasteiger partial charge in [-0.1, -0.05) is 18.2 Å². The standard InChI is InChI=1S/C18H22NO6PS/c1-12(2)24-18(22)13(3)19-26(23,25-14-7-5-4-6-8-14)11-15-9-10-16(27-15)17(20)21/h4-10,12-13H,11H2,1-3H3,(H,19,23)(H,20,21)/t13-,26?/m0/s1. The summed E-state index contributed by atoms with van der Waals surface area (Å²) in [4.78, 5) is 23.9. The van der Waals surface area contributed by atoms with Crippen molar-refractivity contribution in [2.75, 3.05) is 0 Å². The van der Waals surface area contributed by atoms with Crippen LogP contribution < -0.4 is 9.61 Å². The van der Waals surface area contributed by atoms with Gasteiger partial charge < -0.3 is 14.4 Å². The zero-order chi connectivity index (χ0) is 20.0. The van der Waals surface area contributed by atoms with Crippen LogP contribution in [0.2, 0.25) is 0 Å². The van der Waals surface area contributed by atoms with E-state index >= 15 is 0 Å². The first-order valence-corrected chi connectivity index (χ1v) is 10.9. The molecule has 0 aliphatic heterocycles. The van der Waals surface area contributed by atoms with Gasteiger partial charge in [0.2, 0.25) is 0 Å². The van der Waals surface area contributed by atoms with Crippen LogP contribution in [0, 0.1) is 0 Å². The van der Waals surface area contributed by atoms with Crippen molar-refractivity contribution in [3.8, 4) is 5.75 Å². The SMILES string of the molecule is CC(C)OC(=O)[C@H](C)NP(=O)(Cc1ccc(C(=O)O)s1)Oc1ccccc1. The first-order chi connectivity index (χ1) is 12.7. The molecule has 0 radical (unpaired) electrons. The van der Waals surface area contributed by atoms with Crippen LogP contribution in [-0.2, 0) is 20.3 Å². The summed E-state index contributed by atoms with van der Waals surface area (Å²) >= 11 is 1.02. The monoisotopic (exact) mass is 411 g/mol. The van der Waals surface area contributed by atoms with Crippen LogP contribution in [0.3, 0.4) is 0 Å². The molecule has 9 heteroatoms. The lowest BCUT2D eigenvalue weighted by Gasteiger charge is -2.23. The summed E-state index contributed by atoms with van der Waals surface area (Å²) in [5, 5.41) is 11.8. The van der Waals surface area contributed by atoms with E-state index in [1.807, 2.05) is 0 Å². The highest BCUT2D eigenvalue weighted by Gasteiger charge is 2.32. The Morgan fingerprint density at radius 1 is 1.15 bits per heavy atom. The topological polar surface area (TPSA) is 102 Å². The molecule has 0 saturated heterocycles. The molecule has 0 spiro atoms. The molecule has 1 aromatic heterocycles. The van der Waals surface area contributed by atoms with Gasteiger partial charge in [0.15, 0.2) is 0 Å². The van der Waals surface area contributed by atoms with Crippen LogP contribution in [0.4, 0.5) is 0 Å². The number of esters is 1. The predicted octanol–water partition coefficient (Wildman–Crippen LogP) is 4.15. The Morgan fingerprint density at radius 2 is 1.81 bits per heavy atom. The lowest BCUT2D eigenvalue weighted by atomic mass is 10.3. The van der Waals surface area contributed by atoms with E-state index in [1.165, 1.54) is 6.07 Å². The predicted molar refractivity (Wildman–Crippen MR) is 103 cm³/mol. The van der Waals surface area contributed by atoms with E-state index in [1.54, 1.807) is 57.2 Å². The number of carboxylic acids is 1. The van der Waals surface area contributed by atoms with Gasteiger partial charge in [0.25, 0.3) is 0 Å². The van der Waals surface area contributed by atoms with Crippen molar-refractivity contribution >= 4 is 30.8 Å². The van der Waals surface area contributed by atoms with E-state index in [4.69, 9.17) is 14.4 Å². The Labute approximate surface area is 161 Å². The fourth-order valence-corrected chi connectivity index (χ4v) is 5.51. The molecule has 146 valence electrons. The summed E-state index contributed by atoms with van der Waals surface area (Å²) in [6.45, 7) is 5.00. The molecule has 27 heavy (non-hydrogen) atoms. The molecule has 1 heterocycles. The van der Waals surface area contributed by atoms with Gasteiger partial charge in [0, 0.05) is 4.88 Å². The number of thiophene rings is 1. The molecule has 0 aliphatic carbocycles. The van der Waals surface area contributed by atoms with Crippen LogP contribution in [0.5, 0.6) is 5.75 Å². The van der Waals surface area contributed by atoms with E-state index in [2.05, 4.69) is 5.09 Å². The first kappa shape index (κ1) is 21.2. The van der Waals surface area contributed by atoms with Crippen molar-refractivity contribution < 1.29 is 28.5 Å². The van der Waals surface area contributed by atoms with E-state index < -0.39 is 25.5 Å². The van der Waals surface area contributed by atoms with Crippen LogP contribution in [0.15, 0.2) is 42.5 Å². The summed E-state index contributed by atoms with van der Waals surface area (Å²) in [5.41, 5.74) is 0. The Kier molecular flexibility index (Phi) is 7.18. The lowest BCUT2D eigenvalue weighted by molar-refractivity contribution is -0.149. The first-order valence-electron chi connectivity index (χ1n) is 8.32. The fourth-order valence-electron chi connectivity index (χ4n) is 2.22. The highest BCUT2D eigenvalue weighted by atomic mass is 32.1. The molecular weight excluding hydrogens is 389 g/mol. The largest absolute Gasteiger partial charge is 0.477 e. The van der Waals surface area contributed by atoms with Gasteiger partial charge in [-0.2, -0.15) is 0 Å². The number of benzene rings is 1. The van der Waals surface area contributed by atoms with Gasteiger partial charge in [-0.15, -0.1) is 11.3 Å². The second-order valence-electron chi connectivity index (χ2n) is 6.14. The molecule has 0 amide bonds. The fraction of sp³-hybridized carbons (Fsp3) is 0.333. The number of hydrogen-bond donors (Lipinski definition) is 2. The van der Waals surface area contributed by atoms with Gasteiger partial charge in [0.05, 0.1) is 12.3 Å². The van der Waals surface area contributed by atoms with Crippen molar-refractivity contribution in [1.82, 2.24) is 5.09 Å². The van der Waals surface area contributed by atoms with E-state index in [-0.39, 0.29) is 17.1 Å². The number of ether oxygens (including phenoxy) is 1. The summed E-state index contributed by atoms with van der Waals surface area (Å²) < 4.78 is 24.3. The second-order valence-corrected chi connectivity index (χ2v) is 9.42. The van der Waals surface area contributed by atoms with Gasteiger partial charge in [-0.25, -0.2) is 9.88 Å². The molecule has 7 nitrogen and oxygen atoms in total. The number of rotatable bonds is 9. The van der Waals surface area contributed by atoms with Crippen LogP contribution in [-0.4, -0.2) is 29.2 Å². The minimum Gasteiger partial charge on any atom is -0.477 e. The molecular formula is C18H22NO6PS. The Bertz CT molecular complexity index is 835. The van der Waals surface area contributed by atoms with Gasteiger partial charge in [0.1, 0.15) is 16.7 Å². The Hall–Kier alpha value is -2.15. The van der Waals surface area contributed by atoms with Crippen molar-refractivity contribution in [2.45, 2.75) is 39.1 Å². The minimum atomic E-state index is -3.57. The van der Waals surface area contributed by atoms with Crippen LogP contribution >= 0.6 is 18.9 Å². The number of nitrogens with one attached hydrogen (secondary N) is 1. The maximum Gasteiger partial charge on any atom is 0.345 e. The molecule has 0 aliphatic rings. The smallest absolute Gasteiger partial charge is 0.345 e. The zero-order valence-electron chi connectivity index (χ0n) is 15.2. The van der Waals surface area contributed by atoms with Gasteiger partial charge in [-0.05, 0) is 45.0 Å². The summed E-state index contributed by atoms with van der Waals surface area (Å²) in [6.07, 6.45) is -0.356. The average molecular weight is 411 g/mol. The van der Waals surface area contributed by atoms with Crippen molar-refractivity contribution in [2.24, 2.45) is 0 Å². The summed E-state index contributed by atoms with van der Waals surface area (Å²) in [6, 6.07) is 10.8. The van der Waals surface area contributed by atoms with Gasteiger partial charge >= 0.3 is 19.5 Å². The molecule has 2 rings (SSSR count). The highest BCUT2D eigenvalue weighted by molar-refractivity contribution is 7.56. The van der Waals surface area contributed by atoms with Crippen molar-refractivity contribution in [3.63, 3.8) is 0 Å². The van der Waals surface area contributed by atoms with Crippen molar-refractivity contribution in [3.05, 3.63) is 52.2 Å². The van der Waals surface area contributed by atoms with E-state index in [9.17, 15) is 14.2 Å². The van der Waals surface area contributed by atoms with Crippen LogP contribution in [0.1, 0.15) is 35.3 Å². The van der Waals surface area contributed by atoms with Crippen molar-refractivity contribution in [1.29, 1.82) is 0 Å². The third-order valence-electron chi connectivity index (χ3n) is 3.33. The molecule has 2 atom stereocenters. The molecule has 0 bridgehead atoms. The Morgan fingerprint density at radius 3 is 2.37 bits per heavy atom. The quantitative estimate of drug-likeness (QED) is 0.472. The molecule has 2 aromatic rings. The summed E-state index contributed by atoms with van der Waals surface area (Å²) in [7, 11) is -3.57. The average Bonchev–Trinajstić information content (AvgIpc) is 3.03. The third-order valence-corrected chi connectivity index (χ3v) is 6.66. The normalized spacial score (nSPS) is 14.4. The minimum absolute atomic E-state index is 0.0564. The number of carbonyl (C=O) groups excluding carboxylic acids is 1. The van der Waals surface area contributed by atoms with E-state index in [0.29, 0.717) is 10.6 Å². The summed E-state index contributed by atoms with van der Waals surface area (Å²) in [5.74, 6) is -1.21. The molecule has 1 aromatic carbocycles. The maximum absolute atomic E-state index is 13.4. The van der Waals surface area contributed by atoms with Crippen LogP contribution in [0.25, 0.3) is 0 Å².